The molecule has 0 aliphatic heterocycles. The molecule has 0 fully saturated rings. The fraction of sp³-hybridized carbons (Fsp3) is 0.353. The molecule has 0 aliphatic carbocycles. The van der Waals surface area contributed by atoms with Crippen LogP contribution >= 0.6 is 0 Å². The third-order valence-corrected chi connectivity index (χ3v) is 3.31. The van der Waals surface area contributed by atoms with Gasteiger partial charge in [0.25, 0.3) is 5.56 Å². The van der Waals surface area contributed by atoms with Gasteiger partial charge in [-0.25, -0.2) is 4.68 Å². The number of Topliss-reactive ketones (excluding diaryl/α,β-unsaturated/α-hetero) is 1. The van der Waals surface area contributed by atoms with Crippen LogP contribution < -0.4 is 10.3 Å². The van der Waals surface area contributed by atoms with Gasteiger partial charge in [0.2, 0.25) is 0 Å². The van der Waals surface area contributed by atoms with E-state index in [1.807, 2.05) is 20.8 Å². The van der Waals surface area contributed by atoms with Crippen LogP contribution in [0.15, 0.2) is 41.2 Å². The Morgan fingerprint density at radius 2 is 1.96 bits per heavy atom. The Morgan fingerprint density at radius 1 is 1.25 bits per heavy atom. The van der Waals surface area contributed by atoms with Crippen molar-refractivity contribution in [1.29, 1.82) is 0 Å². The molecule has 1 aromatic carbocycles. The topological polar surface area (TPSA) is 61.2 Å². The van der Waals surface area contributed by atoms with Gasteiger partial charge in [0.1, 0.15) is 12.3 Å². The number of carbonyl (C=O) groups excluding carboxylic acids is 1. The molecule has 0 unspecified atom stereocenters. The van der Waals surface area contributed by atoms with Gasteiger partial charge >= 0.3 is 6.61 Å². The van der Waals surface area contributed by atoms with Crippen molar-refractivity contribution >= 4 is 5.78 Å². The standard InChI is InChI=1S/C17H18F2N2O3/c1-17(2,3)14-7-8-15(23)21(20-14)10-13(22)11-5-4-6-12(9-11)24-16(18)19/h4-9,16H,10H2,1-3H3. The van der Waals surface area contributed by atoms with Gasteiger partial charge in [-0.2, -0.15) is 13.9 Å². The second-order valence-corrected chi connectivity index (χ2v) is 6.29. The number of benzene rings is 1. The van der Waals surface area contributed by atoms with Crippen LogP contribution in [0.5, 0.6) is 5.75 Å². The summed E-state index contributed by atoms with van der Waals surface area (Å²) in [6.07, 6.45) is 0. The Bertz CT molecular complexity index is 795. The molecule has 1 aromatic heterocycles. The molecule has 0 bridgehead atoms. The minimum absolute atomic E-state index is 0.111. The van der Waals surface area contributed by atoms with Crippen LogP contribution in [0.2, 0.25) is 0 Å². The summed E-state index contributed by atoms with van der Waals surface area (Å²) in [6.45, 7) is 2.58. The minimum atomic E-state index is -2.97. The molecule has 5 nitrogen and oxygen atoms in total. The molecule has 2 aromatic rings. The molecule has 128 valence electrons. The van der Waals surface area contributed by atoms with Crippen LogP contribution in [-0.4, -0.2) is 22.2 Å². The molecule has 0 radical (unpaired) electrons. The van der Waals surface area contributed by atoms with Gasteiger partial charge in [-0.3, -0.25) is 9.59 Å². The Hall–Kier alpha value is -2.57. The van der Waals surface area contributed by atoms with Crippen molar-refractivity contribution in [1.82, 2.24) is 9.78 Å². The zero-order chi connectivity index (χ0) is 17.9. The number of ketones is 1. The van der Waals surface area contributed by atoms with E-state index in [1.54, 1.807) is 6.07 Å². The van der Waals surface area contributed by atoms with Crippen molar-refractivity contribution in [3.63, 3.8) is 0 Å². The van der Waals surface area contributed by atoms with E-state index < -0.39 is 18.0 Å². The van der Waals surface area contributed by atoms with Crippen molar-refractivity contribution in [3.8, 4) is 5.75 Å². The van der Waals surface area contributed by atoms with Crippen LogP contribution in [0.1, 0.15) is 36.8 Å². The van der Waals surface area contributed by atoms with E-state index in [-0.39, 0.29) is 23.3 Å². The first-order valence-corrected chi connectivity index (χ1v) is 7.33. The van der Waals surface area contributed by atoms with Gasteiger partial charge in [0, 0.05) is 17.0 Å². The second kappa shape index (κ2) is 6.90. The summed E-state index contributed by atoms with van der Waals surface area (Å²) in [6, 6.07) is 8.43. The normalized spacial score (nSPS) is 11.6. The van der Waals surface area contributed by atoms with E-state index in [2.05, 4.69) is 9.84 Å². The van der Waals surface area contributed by atoms with Gasteiger partial charge in [0.15, 0.2) is 5.78 Å². The van der Waals surface area contributed by atoms with Gasteiger partial charge in [-0.15, -0.1) is 0 Å². The zero-order valence-electron chi connectivity index (χ0n) is 13.6. The van der Waals surface area contributed by atoms with Gasteiger partial charge in [-0.05, 0) is 18.2 Å². The van der Waals surface area contributed by atoms with Crippen molar-refractivity contribution < 1.29 is 18.3 Å². The third-order valence-electron chi connectivity index (χ3n) is 3.31. The quantitative estimate of drug-likeness (QED) is 0.788. The lowest BCUT2D eigenvalue weighted by molar-refractivity contribution is -0.0498. The Balaban J connectivity index is 2.25. The third kappa shape index (κ3) is 4.47. The van der Waals surface area contributed by atoms with E-state index >= 15 is 0 Å². The number of ether oxygens (including phenoxy) is 1. The highest BCUT2D eigenvalue weighted by molar-refractivity contribution is 5.96. The zero-order valence-corrected chi connectivity index (χ0v) is 13.6. The molecule has 0 N–H and O–H groups in total. The first-order valence-electron chi connectivity index (χ1n) is 7.33. The summed E-state index contributed by atoms with van der Waals surface area (Å²) in [5.74, 6) is -0.532. The lowest BCUT2D eigenvalue weighted by atomic mass is 9.92. The summed E-state index contributed by atoms with van der Waals surface area (Å²) in [7, 11) is 0. The second-order valence-electron chi connectivity index (χ2n) is 6.29. The van der Waals surface area contributed by atoms with E-state index in [0.717, 1.165) is 4.68 Å². The number of nitrogens with zero attached hydrogens (tertiary/aromatic N) is 2. The van der Waals surface area contributed by atoms with Crippen LogP contribution in [0.25, 0.3) is 0 Å². The maximum absolute atomic E-state index is 12.3. The summed E-state index contributed by atoms with van der Waals surface area (Å²) in [4.78, 5) is 24.2. The molecule has 0 atom stereocenters. The molecular formula is C17H18F2N2O3. The molecule has 0 saturated heterocycles. The number of carbonyl (C=O) groups is 1. The molecule has 2 rings (SSSR count). The highest BCUT2D eigenvalue weighted by atomic mass is 19.3. The maximum atomic E-state index is 12.3. The minimum Gasteiger partial charge on any atom is -0.435 e. The molecular weight excluding hydrogens is 318 g/mol. The fourth-order valence-corrected chi connectivity index (χ4v) is 2.04. The maximum Gasteiger partial charge on any atom is 0.387 e. The number of hydrogen-bond acceptors (Lipinski definition) is 4. The van der Waals surface area contributed by atoms with Crippen molar-refractivity contribution in [2.45, 2.75) is 39.3 Å². The van der Waals surface area contributed by atoms with Crippen molar-refractivity contribution in [2.75, 3.05) is 0 Å². The van der Waals surface area contributed by atoms with E-state index in [4.69, 9.17) is 0 Å². The number of hydrogen-bond donors (Lipinski definition) is 0. The summed E-state index contributed by atoms with van der Waals surface area (Å²) in [5.41, 5.74) is 0.160. The molecule has 1 heterocycles. The molecule has 0 aliphatic rings. The van der Waals surface area contributed by atoms with Gasteiger partial charge in [0.05, 0.1) is 5.69 Å². The Labute approximate surface area is 137 Å². The molecule has 0 spiro atoms. The lowest BCUT2D eigenvalue weighted by Crippen LogP contribution is -2.29. The van der Waals surface area contributed by atoms with Crippen LogP contribution in [0.3, 0.4) is 0 Å². The smallest absolute Gasteiger partial charge is 0.387 e. The first kappa shape index (κ1) is 17.8. The number of aromatic nitrogens is 2. The fourth-order valence-electron chi connectivity index (χ4n) is 2.04. The average molecular weight is 336 g/mol. The molecule has 0 saturated carbocycles. The molecule has 24 heavy (non-hydrogen) atoms. The van der Waals surface area contributed by atoms with Crippen molar-refractivity contribution in [2.24, 2.45) is 0 Å². The molecule has 0 amide bonds. The Kier molecular flexibility index (Phi) is 5.11. The lowest BCUT2D eigenvalue weighted by Gasteiger charge is -2.18. The summed E-state index contributed by atoms with van der Waals surface area (Å²) >= 11 is 0. The van der Waals surface area contributed by atoms with E-state index in [1.165, 1.54) is 30.3 Å². The predicted octanol–water partition coefficient (Wildman–Crippen LogP) is 3.03. The highest BCUT2D eigenvalue weighted by Crippen LogP contribution is 2.19. The first-order chi connectivity index (χ1) is 11.2. The summed E-state index contributed by atoms with van der Waals surface area (Å²) < 4.78 is 29.8. The number of halogens is 2. The monoisotopic (exact) mass is 336 g/mol. The highest BCUT2D eigenvalue weighted by Gasteiger charge is 2.18. The van der Waals surface area contributed by atoms with Crippen LogP contribution in [0, 0.1) is 0 Å². The summed E-state index contributed by atoms with van der Waals surface area (Å²) in [5, 5.41) is 4.21. The average Bonchev–Trinajstić information content (AvgIpc) is 2.48. The predicted molar refractivity (Wildman–Crippen MR) is 84.6 cm³/mol. The largest absolute Gasteiger partial charge is 0.435 e. The van der Waals surface area contributed by atoms with Crippen molar-refractivity contribution in [3.05, 3.63) is 58.0 Å². The number of rotatable bonds is 5. The van der Waals surface area contributed by atoms with Gasteiger partial charge < -0.3 is 4.74 Å². The van der Waals surface area contributed by atoms with Crippen LogP contribution in [-0.2, 0) is 12.0 Å². The van der Waals surface area contributed by atoms with Gasteiger partial charge in [-0.1, -0.05) is 32.9 Å². The van der Waals surface area contributed by atoms with E-state index in [0.29, 0.717) is 5.69 Å². The Morgan fingerprint density at radius 3 is 2.58 bits per heavy atom. The van der Waals surface area contributed by atoms with Crippen LogP contribution in [0.4, 0.5) is 8.78 Å². The number of alkyl halides is 2. The SMILES string of the molecule is CC(C)(C)c1ccc(=O)n(CC(=O)c2cccc(OC(F)F)c2)n1. The van der Waals surface area contributed by atoms with E-state index in [9.17, 15) is 18.4 Å². The molecule has 7 heteroatoms.